The number of benzene rings is 1. The van der Waals surface area contributed by atoms with Crippen molar-refractivity contribution in [3.05, 3.63) is 29.6 Å². The number of imide groups is 1. The van der Waals surface area contributed by atoms with Crippen molar-refractivity contribution in [2.24, 2.45) is 5.92 Å². The summed E-state index contributed by atoms with van der Waals surface area (Å²) >= 11 is 0. The lowest BCUT2D eigenvalue weighted by molar-refractivity contribution is -0.136. The maximum atomic E-state index is 13.6. The first kappa shape index (κ1) is 18.2. The van der Waals surface area contributed by atoms with E-state index in [0.717, 1.165) is 30.2 Å². The zero-order valence-electron chi connectivity index (χ0n) is 14.1. The summed E-state index contributed by atoms with van der Waals surface area (Å²) < 4.78 is 39.8. The van der Waals surface area contributed by atoms with E-state index < -0.39 is 53.1 Å². The molecule has 6 nitrogen and oxygen atoms in total. The van der Waals surface area contributed by atoms with Crippen LogP contribution in [0.1, 0.15) is 32.6 Å². The van der Waals surface area contributed by atoms with Crippen LogP contribution in [0.25, 0.3) is 0 Å². The van der Waals surface area contributed by atoms with E-state index in [-0.39, 0.29) is 5.92 Å². The second kappa shape index (κ2) is 6.62. The molecule has 1 heterocycles. The summed E-state index contributed by atoms with van der Waals surface area (Å²) in [4.78, 5) is 37.8. The molecule has 1 saturated heterocycles. The van der Waals surface area contributed by atoms with Crippen LogP contribution in [0.3, 0.4) is 0 Å². The summed E-state index contributed by atoms with van der Waals surface area (Å²) in [7, 11) is 0. The molecule has 4 amide bonds. The molecule has 0 bridgehead atoms. The summed E-state index contributed by atoms with van der Waals surface area (Å²) in [6, 6.07) is 0.840. The number of nitrogens with zero attached hydrogens (tertiary/aromatic N) is 1. The Hall–Kier alpha value is -2.58. The Kier molecular flexibility index (Phi) is 4.64. The highest BCUT2D eigenvalue weighted by molar-refractivity contribution is 6.10. The third-order valence-corrected chi connectivity index (χ3v) is 5.11. The highest BCUT2D eigenvalue weighted by Crippen LogP contribution is 2.38. The van der Waals surface area contributed by atoms with Gasteiger partial charge in [0.05, 0.1) is 5.69 Å². The smallest absolute Gasteiger partial charge is 0.323 e. The van der Waals surface area contributed by atoms with Gasteiger partial charge >= 0.3 is 6.03 Å². The van der Waals surface area contributed by atoms with Crippen LogP contribution in [0, 0.1) is 23.4 Å². The van der Waals surface area contributed by atoms with Crippen molar-refractivity contribution in [1.82, 2.24) is 10.2 Å². The van der Waals surface area contributed by atoms with Crippen LogP contribution in [0.5, 0.6) is 0 Å². The van der Waals surface area contributed by atoms with E-state index in [2.05, 4.69) is 10.6 Å². The van der Waals surface area contributed by atoms with Crippen LogP contribution in [0.4, 0.5) is 23.7 Å². The normalized spacial score (nSPS) is 25.5. The van der Waals surface area contributed by atoms with Gasteiger partial charge in [0.2, 0.25) is 5.91 Å². The maximum Gasteiger partial charge on any atom is 0.325 e. The number of hydrogen-bond acceptors (Lipinski definition) is 3. The third-order valence-electron chi connectivity index (χ3n) is 5.11. The standard InChI is InChI=1S/C17H18F3N3O3/c1-9-4-2-3-7-17(9)15(25)23(16(26)22-17)8-12(24)21-11-6-5-10(18)13(19)14(11)20/h5-6,9H,2-4,7-8H2,1H3,(H,21,24)(H,22,26)/t9-,17-/m1/s1. The van der Waals surface area contributed by atoms with E-state index in [4.69, 9.17) is 0 Å². The Morgan fingerprint density at radius 3 is 2.69 bits per heavy atom. The Labute approximate surface area is 147 Å². The zero-order valence-corrected chi connectivity index (χ0v) is 14.1. The summed E-state index contributed by atoms with van der Waals surface area (Å²) in [5.74, 6) is -6.09. The number of nitrogens with one attached hydrogen (secondary N) is 2. The predicted octanol–water partition coefficient (Wildman–Crippen LogP) is 2.54. The van der Waals surface area contributed by atoms with E-state index in [1.54, 1.807) is 0 Å². The van der Waals surface area contributed by atoms with Gasteiger partial charge in [-0.25, -0.2) is 18.0 Å². The first-order chi connectivity index (χ1) is 12.3. The number of carbonyl (C=O) groups excluding carboxylic acids is 3. The Morgan fingerprint density at radius 1 is 1.27 bits per heavy atom. The molecule has 1 spiro atoms. The van der Waals surface area contributed by atoms with Crippen molar-refractivity contribution >= 4 is 23.5 Å². The van der Waals surface area contributed by atoms with E-state index in [0.29, 0.717) is 12.5 Å². The molecule has 1 saturated carbocycles. The second-order valence-electron chi connectivity index (χ2n) is 6.71. The molecule has 2 fully saturated rings. The quantitative estimate of drug-likeness (QED) is 0.635. The number of rotatable bonds is 3. The van der Waals surface area contributed by atoms with Gasteiger partial charge in [-0.05, 0) is 30.9 Å². The lowest BCUT2D eigenvalue weighted by Gasteiger charge is -2.36. The molecule has 26 heavy (non-hydrogen) atoms. The monoisotopic (exact) mass is 369 g/mol. The van der Waals surface area contributed by atoms with Gasteiger partial charge in [-0.2, -0.15) is 0 Å². The molecule has 9 heteroatoms. The molecule has 3 rings (SSSR count). The van der Waals surface area contributed by atoms with Gasteiger partial charge in [0.25, 0.3) is 5.91 Å². The molecule has 140 valence electrons. The molecule has 0 radical (unpaired) electrons. The lowest BCUT2D eigenvalue weighted by Crippen LogP contribution is -2.54. The average Bonchev–Trinajstić information content (AvgIpc) is 2.83. The highest BCUT2D eigenvalue weighted by atomic mass is 19.2. The minimum absolute atomic E-state index is 0.0654. The minimum atomic E-state index is -1.72. The molecule has 1 aromatic carbocycles. The molecule has 2 atom stereocenters. The van der Waals surface area contributed by atoms with Crippen molar-refractivity contribution in [2.45, 2.75) is 38.1 Å². The topological polar surface area (TPSA) is 78.5 Å². The molecular formula is C17H18F3N3O3. The SMILES string of the molecule is C[C@@H]1CCCC[C@@]12NC(=O)N(CC(=O)Nc1ccc(F)c(F)c1F)C2=O. The fraction of sp³-hybridized carbons (Fsp3) is 0.471. The van der Waals surface area contributed by atoms with Crippen LogP contribution in [-0.4, -0.2) is 34.8 Å². The van der Waals surface area contributed by atoms with E-state index in [1.165, 1.54) is 0 Å². The summed E-state index contributed by atoms with van der Waals surface area (Å²) in [6.45, 7) is 1.23. The molecule has 1 aliphatic heterocycles. The summed E-state index contributed by atoms with van der Waals surface area (Å²) in [6.07, 6.45) is 3.03. The first-order valence-electron chi connectivity index (χ1n) is 8.33. The number of anilines is 1. The van der Waals surface area contributed by atoms with Crippen molar-refractivity contribution in [2.75, 3.05) is 11.9 Å². The highest BCUT2D eigenvalue weighted by Gasteiger charge is 2.55. The number of amides is 4. The molecule has 2 N–H and O–H groups in total. The van der Waals surface area contributed by atoms with Crippen LogP contribution in [0.2, 0.25) is 0 Å². The van der Waals surface area contributed by atoms with Crippen molar-refractivity contribution < 1.29 is 27.6 Å². The minimum Gasteiger partial charge on any atom is -0.323 e. The molecule has 0 aromatic heterocycles. The van der Waals surface area contributed by atoms with E-state index >= 15 is 0 Å². The second-order valence-corrected chi connectivity index (χ2v) is 6.71. The van der Waals surface area contributed by atoms with Gasteiger partial charge in [-0.1, -0.05) is 19.8 Å². The van der Waals surface area contributed by atoms with Crippen molar-refractivity contribution in [3.63, 3.8) is 0 Å². The average molecular weight is 369 g/mol. The van der Waals surface area contributed by atoms with Crippen LogP contribution >= 0.6 is 0 Å². The Morgan fingerprint density at radius 2 is 2.00 bits per heavy atom. The Bertz CT molecular complexity index is 786. The zero-order chi connectivity index (χ0) is 19.1. The van der Waals surface area contributed by atoms with Gasteiger partial charge in [0, 0.05) is 0 Å². The van der Waals surface area contributed by atoms with E-state index in [1.807, 2.05) is 6.92 Å². The number of carbonyl (C=O) groups is 3. The fourth-order valence-electron chi connectivity index (χ4n) is 3.59. The molecule has 2 aliphatic rings. The molecule has 1 aromatic rings. The van der Waals surface area contributed by atoms with Gasteiger partial charge in [0.1, 0.15) is 12.1 Å². The third kappa shape index (κ3) is 2.91. The first-order valence-corrected chi connectivity index (χ1v) is 8.33. The van der Waals surface area contributed by atoms with Crippen LogP contribution in [-0.2, 0) is 9.59 Å². The summed E-state index contributed by atoms with van der Waals surface area (Å²) in [5, 5.41) is 4.74. The van der Waals surface area contributed by atoms with Crippen LogP contribution in [0.15, 0.2) is 12.1 Å². The summed E-state index contributed by atoms with van der Waals surface area (Å²) in [5.41, 5.74) is -1.58. The number of hydrogen-bond donors (Lipinski definition) is 2. The van der Waals surface area contributed by atoms with Gasteiger partial charge < -0.3 is 10.6 Å². The molecule has 1 aliphatic carbocycles. The molecular weight excluding hydrogens is 351 g/mol. The fourth-order valence-corrected chi connectivity index (χ4v) is 3.59. The van der Waals surface area contributed by atoms with Crippen molar-refractivity contribution in [1.29, 1.82) is 0 Å². The predicted molar refractivity (Wildman–Crippen MR) is 85.6 cm³/mol. The Balaban J connectivity index is 1.73. The van der Waals surface area contributed by atoms with Crippen molar-refractivity contribution in [3.8, 4) is 0 Å². The van der Waals surface area contributed by atoms with Gasteiger partial charge in [-0.3, -0.25) is 14.5 Å². The number of halogens is 3. The maximum absolute atomic E-state index is 13.6. The molecule has 0 unspecified atom stereocenters. The van der Waals surface area contributed by atoms with Gasteiger partial charge in [0.15, 0.2) is 17.5 Å². The van der Waals surface area contributed by atoms with Gasteiger partial charge in [-0.15, -0.1) is 0 Å². The van der Waals surface area contributed by atoms with Crippen LogP contribution < -0.4 is 10.6 Å². The van der Waals surface area contributed by atoms with E-state index in [9.17, 15) is 27.6 Å². The largest absolute Gasteiger partial charge is 0.325 e. The number of urea groups is 1. The lowest BCUT2D eigenvalue weighted by atomic mass is 9.73.